The molecule has 0 saturated heterocycles. The molecule has 0 aliphatic heterocycles. The lowest BCUT2D eigenvalue weighted by Crippen LogP contribution is -2.30. The molecular weight excluding hydrogens is 192 g/mol. The standard InChI is InChI=1S/C11H12N2O2/c12-13-11(14)6-5-8-7-15-10-4-2-1-3-9(8)10/h1-4,7H,5-6,12H2,(H,13,14). The molecule has 0 spiro atoms. The Morgan fingerprint density at radius 2 is 2.20 bits per heavy atom. The van der Waals surface area contributed by atoms with Crippen molar-refractivity contribution >= 4 is 16.9 Å². The highest BCUT2D eigenvalue weighted by molar-refractivity contribution is 5.82. The molecule has 1 heterocycles. The first-order chi connectivity index (χ1) is 7.31. The molecule has 0 aliphatic rings. The van der Waals surface area contributed by atoms with Crippen LogP contribution in [0, 0.1) is 0 Å². The zero-order valence-electron chi connectivity index (χ0n) is 8.19. The molecule has 1 aromatic heterocycles. The summed E-state index contributed by atoms with van der Waals surface area (Å²) in [5, 5.41) is 1.06. The van der Waals surface area contributed by atoms with Crippen LogP contribution in [0.15, 0.2) is 34.9 Å². The summed E-state index contributed by atoms with van der Waals surface area (Å²) in [6, 6.07) is 7.75. The smallest absolute Gasteiger partial charge is 0.234 e. The van der Waals surface area contributed by atoms with Crippen LogP contribution < -0.4 is 11.3 Å². The molecule has 0 unspecified atom stereocenters. The van der Waals surface area contributed by atoms with Gasteiger partial charge in [-0.15, -0.1) is 0 Å². The van der Waals surface area contributed by atoms with Crippen LogP contribution in [0.2, 0.25) is 0 Å². The zero-order valence-corrected chi connectivity index (χ0v) is 8.19. The monoisotopic (exact) mass is 204 g/mol. The summed E-state index contributed by atoms with van der Waals surface area (Å²) in [5.41, 5.74) is 3.99. The van der Waals surface area contributed by atoms with Gasteiger partial charge in [-0.3, -0.25) is 10.2 Å². The van der Waals surface area contributed by atoms with E-state index in [4.69, 9.17) is 10.3 Å². The Morgan fingerprint density at radius 3 is 3.00 bits per heavy atom. The second-order valence-corrected chi connectivity index (χ2v) is 3.32. The Morgan fingerprint density at radius 1 is 1.40 bits per heavy atom. The van der Waals surface area contributed by atoms with Gasteiger partial charge < -0.3 is 4.42 Å². The minimum atomic E-state index is -0.166. The molecule has 0 radical (unpaired) electrons. The SMILES string of the molecule is NNC(=O)CCc1coc2ccccc12. The van der Waals surface area contributed by atoms with E-state index in [1.165, 1.54) is 0 Å². The summed E-state index contributed by atoms with van der Waals surface area (Å²) in [4.78, 5) is 11.0. The van der Waals surface area contributed by atoms with Gasteiger partial charge in [-0.25, -0.2) is 5.84 Å². The van der Waals surface area contributed by atoms with Crippen LogP contribution in [0.4, 0.5) is 0 Å². The summed E-state index contributed by atoms with van der Waals surface area (Å²) < 4.78 is 5.35. The summed E-state index contributed by atoms with van der Waals surface area (Å²) in [6.45, 7) is 0. The molecule has 3 N–H and O–H groups in total. The number of carbonyl (C=O) groups excluding carboxylic acids is 1. The Balaban J connectivity index is 2.18. The van der Waals surface area contributed by atoms with E-state index in [1.54, 1.807) is 6.26 Å². The van der Waals surface area contributed by atoms with Gasteiger partial charge in [0, 0.05) is 11.8 Å². The molecule has 78 valence electrons. The summed E-state index contributed by atoms with van der Waals surface area (Å²) in [6.07, 6.45) is 2.70. The van der Waals surface area contributed by atoms with Gasteiger partial charge in [0.25, 0.3) is 0 Å². The first kappa shape index (κ1) is 9.73. The van der Waals surface area contributed by atoms with E-state index in [1.807, 2.05) is 24.3 Å². The van der Waals surface area contributed by atoms with Gasteiger partial charge in [-0.05, 0) is 18.1 Å². The van der Waals surface area contributed by atoms with E-state index in [0.717, 1.165) is 16.5 Å². The first-order valence-electron chi connectivity index (χ1n) is 4.76. The van der Waals surface area contributed by atoms with Gasteiger partial charge in [-0.2, -0.15) is 0 Å². The number of hydrogen-bond acceptors (Lipinski definition) is 3. The van der Waals surface area contributed by atoms with Crippen LogP contribution in [0.25, 0.3) is 11.0 Å². The first-order valence-corrected chi connectivity index (χ1v) is 4.76. The van der Waals surface area contributed by atoms with E-state index < -0.39 is 0 Å². The maximum Gasteiger partial charge on any atom is 0.234 e. The van der Waals surface area contributed by atoms with Gasteiger partial charge >= 0.3 is 0 Å². The number of amides is 1. The van der Waals surface area contributed by atoms with Crippen LogP contribution in [0.1, 0.15) is 12.0 Å². The highest BCUT2D eigenvalue weighted by Gasteiger charge is 2.06. The number of nitrogens with two attached hydrogens (primary N) is 1. The minimum absolute atomic E-state index is 0.166. The molecule has 1 aromatic carbocycles. The maximum absolute atomic E-state index is 11.0. The van der Waals surface area contributed by atoms with E-state index >= 15 is 0 Å². The second-order valence-electron chi connectivity index (χ2n) is 3.32. The van der Waals surface area contributed by atoms with Crippen molar-refractivity contribution in [1.29, 1.82) is 0 Å². The van der Waals surface area contributed by atoms with Crippen molar-refractivity contribution in [3.8, 4) is 0 Å². The number of nitrogens with one attached hydrogen (secondary N) is 1. The molecule has 1 amide bonds. The summed E-state index contributed by atoms with van der Waals surface area (Å²) in [7, 11) is 0. The van der Waals surface area contributed by atoms with Crippen LogP contribution in [0.3, 0.4) is 0 Å². The quantitative estimate of drug-likeness (QED) is 0.450. The maximum atomic E-state index is 11.0. The van der Waals surface area contributed by atoms with Crippen LogP contribution in [-0.4, -0.2) is 5.91 Å². The van der Waals surface area contributed by atoms with Crippen molar-refractivity contribution < 1.29 is 9.21 Å². The normalized spacial score (nSPS) is 10.5. The highest BCUT2D eigenvalue weighted by atomic mass is 16.3. The second kappa shape index (κ2) is 4.14. The van der Waals surface area contributed by atoms with Gasteiger partial charge in [0.1, 0.15) is 5.58 Å². The Kier molecular flexibility index (Phi) is 2.69. The average Bonchev–Trinajstić information content (AvgIpc) is 2.69. The van der Waals surface area contributed by atoms with Crippen LogP contribution in [0.5, 0.6) is 0 Å². The van der Waals surface area contributed by atoms with Gasteiger partial charge in [-0.1, -0.05) is 18.2 Å². The fourth-order valence-corrected chi connectivity index (χ4v) is 1.55. The van der Waals surface area contributed by atoms with E-state index in [0.29, 0.717) is 12.8 Å². The van der Waals surface area contributed by atoms with E-state index in [-0.39, 0.29) is 5.91 Å². The van der Waals surface area contributed by atoms with Crippen molar-refractivity contribution in [2.75, 3.05) is 0 Å². The number of hydrazine groups is 1. The van der Waals surface area contributed by atoms with Gasteiger partial charge in [0.05, 0.1) is 6.26 Å². The predicted molar refractivity (Wildman–Crippen MR) is 56.9 cm³/mol. The molecule has 2 rings (SSSR count). The number of aryl methyl sites for hydroxylation is 1. The van der Waals surface area contributed by atoms with E-state index in [2.05, 4.69) is 5.43 Å². The van der Waals surface area contributed by atoms with Crippen LogP contribution >= 0.6 is 0 Å². The molecule has 0 atom stereocenters. The zero-order chi connectivity index (χ0) is 10.7. The predicted octanol–water partition coefficient (Wildman–Crippen LogP) is 1.36. The van der Waals surface area contributed by atoms with Crippen molar-refractivity contribution in [2.45, 2.75) is 12.8 Å². The molecule has 4 nitrogen and oxygen atoms in total. The summed E-state index contributed by atoms with van der Waals surface area (Å²) in [5.74, 6) is 4.83. The van der Waals surface area contributed by atoms with Crippen molar-refractivity contribution in [2.24, 2.45) is 5.84 Å². The largest absolute Gasteiger partial charge is 0.464 e. The molecule has 2 aromatic rings. The number of fused-ring (bicyclic) bond motifs is 1. The molecule has 0 saturated carbocycles. The van der Waals surface area contributed by atoms with E-state index in [9.17, 15) is 4.79 Å². The molecule has 0 fully saturated rings. The minimum Gasteiger partial charge on any atom is -0.464 e. The van der Waals surface area contributed by atoms with Crippen molar-refractivity contribution in [3.05, 3.63) is 36.1 Å². The Hall–Kier alpha value is -1.81. The lowest BCUT2D eigenvalue weighted by Gasteiger charge is -1.97. The summed E-state index contributed by atoms with van der Waals surface area (Å²) >= 11 is 0. The van der Waals surface area contributed by atoms with Crippen LogP contribution in [-0.2, 0) is 11.2 Å². The van der Waals surface area contributed by atoms with Crippen molar-refractivity contribution in [1.82, 2.24) is 5.43 Å². The molecule has 0 aliphatic carbocycles. The van der Waals surface area contributed by atoms with Crippen molar-refractivity contribution in [3.63, 3.8) is 0 Å². The number of para-hydroxylation sites is 1. The van der Waals surface area contributed by atoms with Gasteiger partial charge in [0.15, 0.2) is 0 Å². The number of carbonyl (C=O) groups is 1. The van der Waals surface area contributed by atoms with Gasteiger partial charge in [0.2, 0.25) is 5.91 Å². The third kappa shape index (κ3) is 1.99. The fraction of sp³-hybridized carbons (Fsp3) is 0.182. The molecular formula is C11H12N2O2. The molecule has 0 bridgehead atoms. The highest BCUT2D eigenvalue weighted by Crippen LogP contribution is 2.21. The topological polar surface area (TPSA) is 68.3 Å². The number of hydrogen-bond donors (Lipinski definition) is 2. The fourth-order valence-electron chi connectivity index (χ4n) is 1.55. The molecule has 15 heavy (non-hydrogen) atoms. The third-order valence-corrected chi connectivity index (χ3v) is 2.34. The Labute approximate surface area is 87.0 Å². The lowest BCUT2D eigenvalue weighted by molar-refractivity contribution is -0.121. The number of furan rings is 1. The third-order valence-electron chi connectivity index (χ3n) is 2.34. The molecule has 4 heteroatoms. The Bertz CT molecular complexity index is 476. The number of rotatable bonds is 3. The average molecular weight is 204 g/mol. The lowest BCUT2D eigenvalue weighted by atomic mass is 10.1. The number of benzene rings is 1.